The molecule has 0 aliphatic carbocycles. The van der Waals surface area contributed by atoms with Crippen molar-refractivity contribution in [2.24, 2.45) is 0 Å². The molecule has 0 aliphatic rings. The van der Waals surface area contributed by atoms with E-state index in [1.165, 1.54) is 0 Å². The van der Waals surface area contributed by atoms with Crippen molar-refractivity contribution in [1.82, 2.24) is 19.9 Å². The van der Waals surface area contributed by atoms with Crippen molar-refractivity contribution in [3.63, 3.8) is 0 Å². The smallest absolute Gasteiger partial charge is 0.139 e. The first-order valence-electron chi connectivity index (χ1n) is 10.0. The van der Waals surface area contributed by atoms with Crippen molar-refractivity contribution in [3.05, 3.63) is 116 Å². The van der Waals surface area contributed by atoms with E-state index in [1.54, 1.807) is 12.4 Å². The number of pyridine rings is 4. The van der Waals surface area contributed by atoms with Gasteiger partial charge in [0.25, 0.3) is 0 Å². The van der Waals surface area contributed by atoms with E-state index in [4.69, 9.17) is 9.97 Å². The van der Waals surface area contributed by atoms with Crippen LogP contribution in [0.5, 0.6) is 0 Å². The minimum Gasteiger partial charge on any atom is -0.279 e. The third kappa shape index (κ3) is 4.63. The third-order valence-corrected chi connectivity index (χ3v) is 4.80. The molecule has 5 nitrogen and oxygen atoms in total. The van der Waals surface area contributed by atoms with Gasteiger partial charge in [-0.05, 0) is 60.7 Å². The normalized spacial score (nSPS) is 10.2. The number of para-hydroxylation sites is 1. The Kier molecular flexibility index (Phi) is 6.78. The number of rotatable bonds is 5. The van der Waals surface area contributed by atoms with Gasteiger partial charge in [-0.15, -0.1) is 0 Å². The van der Waals surface area contributed by atoms with Gasteiger partial charge in [0.1, 0.15) is 11.6 Å². The van der Waals surface area contributed by atoms with Crippen molar-refractivity contribution < 1.29 is 21.1 Å². The third-order valence-electron chi connectivity index (χ3n) is 4.80. The monoisotopic (exact) mass is 596 g/mol. The molecular weight excluding hydrogens is 577 g/mol. The summed E-state index contributed by atoms with van der Waals surface area (Å²) in [7, 11) is 0. The van der Waals surface area contributed by atoms with Crippen LogP contribution in [-0.4, -0.2) is 19.9 Å². The van der Waals surface area contributed by atoms with Crippen LogP contribution in [0.3, 0.4) is 0 Å². The average Bonchev–Trinajstić information content (AvgIpc) is 2.86. The second kappa shape index (κ2) is 10.1. The van der Waals surface area contributed by atoms with Crippen LogP contribution in [0.25, 0.3) is 22.8 Å². The number of anilines is 3. The molecule has 6 heteroatoms. The molecule has 0 radical (unpaired) electrons. The SMILES string of the molecule is [Pt].c1ccc(N(c2cccc(-c3ccccn3)n2)c2cccc(-c3ccccn3)n2)cc1. The quantitative estimate of drug-likeness (QED) is 0.247. The van der Waals surface area contributed by atoms with Crippen LogP contribution < -0.4 is 4.90 Å². The van der Waals surface area contributed by atoms with Gasteiger partial charge in [0.2, 0.25) is 0 Å². The van der Waals surface area contributed by atoms with Crippen LogP contribution in [0.4, 0.5) is 17.3 Å². The predicted molar refractivity (Wildman–Crippen MR) is 123 cm³/mol. The molecule has 4 heterocycles. The van der Waals surface area contributed by atoms with E-state index in [2.05, 4.69) is 9.97 Å². The molecule has 0 spiro atoms. The van der Waals surface area contributed by atoms with Crippen molar-refractivity contribution >= 4 is 17.3 Å². The maximum absolute atomic E-state index is 4.91. The number of hydrogen-bond donors (Lipinski definition) is 0. The van der Waals surface area contributed by atoms with E-state index in [9.17, 15) is 0 Å². The predicted octanol–water partition coefficient (Wildman–Crippen LogP) is 6.07. The zero-order valence-corrected chi connectivity index (χ0v) is 19.3. The molecule has 4 aromatic heterocycles. The summed E-state index contributed by atoms with van der Waals surface area (Å²) in [4.78, 5) is 20.7. The van der Waals surface area contributed by atoms with Crippen LogP contribution in [0, 0.1) is 0 Å². The van der Waals surface area contributed by atoms with Crippen molar-refractivity contribution in [2.45, 2.75) is 0 Å². The maximum atomic E-state index is 4.91. The average molecular weight is 597 g/mol. The number of hydrogen-bond acceptors (Lipinski definition) is 5. The number of nitrogens with zero attached hydrogens (tertiary/aromatic N) is 5. The van der Waals surface area contributed by atoms with Gasteiger partial charge in [-0.3, -0.25) is 14.9 Å². The van der Waals surface area contributed by atoms with E-state index < -0.39 is 0 Å². The second-order valence-corrected chi connectivity index (χ2v) is 6.86. The summed E-state index contributed by atoms with van der Waals surface area (Å²) in [6, 6.07) is 33.6. The standard InChI is InChI=1S/C26H19N5.Pt/c1-2-10-20(11-3-1)31(25-16-8-14-23(29-25)21-12-4-6-18-27-21)26-17-9-15-24(30-26)22-13-5-7-19-28-22;/h1-19H;. The summed E-state index contributed by atoms with van der Waals surface area (Å²) in [5.74, 6) is 1.53. The molecule has 0 N–H and O–H groups in total. The van der Waals surface area contributed by atoms with Gasteiger partial charge in [-0.25, -0.2) is 9.97 Å². The number of benzene rings is 1. The molecule has 0 unspecified atom stereocenters. The van der Waals surface area contributed by atoms with Gasteiger partial charge >= 0.3 is 0 Å². The summed E-state index contributed by atoms with van der Waals surface area (Å²) < 4.78 is 0. The molecule has 0 bridgehead atoms. The minimum absolute atomic E-state index is 0. The van der Waals surface area contributed by atoms with Crippen LogP contribution >= 0.6 is 0 Å². The Labute approximate surface area is 201 Å². The Balaban J connectivity index is 0.00000245. The Morgan fingerprint density at radius 2 is 0.906 bits per heavy atom. The first kappa shape index (κ1) is 21.5. The molecule has 0 aliphatic heterocycles. The summed E-state index contributed by atoms with van der Waals surface area (Å²) >= 11 is 0. The molecule has 158 valence electrons. The zero-order chi connectivity index (χ0) is 20.9. The summed E-state index contributed by atoms with van der Waals surface area (Å²) in [5.41, 5.74) is 4.23. The van der Waals surface area contributed by atoms with Gasteiger partial charge in [0.05, 0.1) is 22.8 Å². The molecular formula is C26H19N5Pt. The van der Waals surface area contributed by atoms with Gasteiger partial charge in [-0.2, -0.15) is 0 Å². The van der Waals surface area contributed by atoms with Crippen molar-refractivity contribution in [2.75, 3.05) is 4.90 Å². The zero-order valence-electron chi connectivity index (χ0n) is 17.0. The summed E-state index contributed by atoms with van der Waals surface area (Å²) in [6.07, 6.45) is 3.55. The molecule has 0 atom stereocenters. The molecule has 0 saturated carbocycles. The van der Waals surface area contributed by atoms with Crippen LogP contribution in [0.1, 0.15) is 0 Å². The van der Waals surface area contributed by atoms with Crippen LogP contribution in [0.2, 0.25) is 0 Å². The molecule has 32 heavy (non-hydrogen) atoms. The number of aromatic nitrogens is 4. The van der Waals surface area contributed by atoms with E-state index in [0.29, 0.717) is 0 Å². The fraction of sp³-hybridized carbons (Fsp3) is 0. The second-order valence-electron chi connectivity index (χ2n) is 6.86. The van der Waals surface area contributed by atoms with Crippen molar-refractivity contribution in [1.29, 1.82) is 0 Å². The Morgan fingerprint density at radius 1 is 0.438 bits per heavy atom. The van der Waals surface area contributed by atoms with Crippen LogP contribution in [-0.2, 0) is 21.1 Å². The van der Waals surface area contributed by atoms with E-state index in [0.717, 1.165) is 40.1 Å². The largest absolute Gasteiger partial charge is 0.279 e. The Hall–Kier alpha value is -3.69. The molecule has 0 fully saturated rings. The molecule has 5 aromatic rings. The van der Waals surface area contributed by atoms with E-state index >= 15 is 0 Å². The molecule has 5 rings (SSSR count). The van der Waals surface area contributed by atoms with Gasteiger partial charge < -0.3 is 0 Å². The van der Waals surface area contributed by atoms with Crippen molar-refractivity contribution in [3.8, 4) is 22.8 Å². The summed E-state index contributed by atoms with van der Waals surface area (Å²) in [6.45, 7) is 0. The fourth-order valence-electron chi connectivity index (χ4n) is 3.37. The first-order valence-corrected chi connectivity index (χ1v) is 10.0. The Bertz CT molecular complexity index is 1200. The van der Waals surface area contributed by atoms with E-state index in [-0.39, 0.29) is 21.1 Å². The molecule has 0 amide bonds. The summed E-state index contributed by atoms with van der Waals surface area (Å²) in [5, 5.41) is 0. The molecule has 0 saturated heterocycles. The Morgan fingerprint density at radius 3 is 1.38 bits per heavy atom. The van der Waals surface area contributed by atoms with E-state index in [1.807, 2.05) is 108 Å². The van der Waals surface area contributed by atoms with Gasteiger partial charge in [0.15, 0.2) is 0 Å². The first-order chi connectivity index (χ1) is 15.4. The topological polar surface area (TPSA) is 54.8 Å². The molecule has 1 aromatic carbocycles. The minimum atomic E-state index is 0. The van der Waals surface area contributed by atoms with Gasteiger partial charge in [0, 0.05) is 39.1 Å². The van der Waals surface area contributed by atoms with Crippen LogP contribution in [0.15, 0.2) is 116 Å². The maximum Gasteiger partial charge on any atom is 0.139 e. The van der Waals surface area contributed by atoms with Gasteiger partial charge in [-0.1, -0.05) is 42.5 Å². The fourth-order valence-corrected chi connectivity index (χ4v) is 3.37.